The van der Waals surface area contributed by atoms with Crippen molar-refractivity contribution in [3.8, 4) is 0 Å². The maximum absolute atomic E-state index is 5.23. The minimum atomic E-state index is 0. The van der Waals surface area contributed by atoms with Gasteiger partial charge >= 0.3 is 0 Å². The van der Waals surface area contributed by atoms with Crippen molar-refractivity contribution in [2.24, 2.45) is 10.4 Å². The lowest BCUT2D eigenvalue weighted by Gasteiger charge is -2.40. The molecule has 2 aliphatic rings. The minimum absolute atomic E-state index is 0. The van der Waals surface area contributed by atoms with Crippen molar-refractivity contribution in [3.63, 3.8) is 0 Å². The number of methoxy groups -OCH3 is 1. The first-order valence-corrected chi connectivity index (χ1v) is 9.48. The Hall–Kier alpha value is -0.0800. The summed E-state index contributed by atoms with van der Waals surface area (Å²) in [5, 5.41) is 6.98. The van der Waals surface area contributed by atoms with E-state index in [0.29, 0.717) is 11.5 Å². The van der Waals surface area contributed by atoms with Gasteiger partial charge in [0.2, 0.25) is 0 Å². The van der Waals surface area contributed by atoms with Gasteiger partial charge in [-0.1, -0.05) is 13.3 Å². The van der Waals surface area contributed by atoms with E-state index in [1.807, 2.05) is 0 Å². The molecule has 2 N–H and O–H groups in total. The van der Waals surface area contributed by atoms with Gasteiger partial charge in [-0.3, -0.25) is 9.89 Å². The number of nitrogens with zero attached hydrogens (tertiary/aromatic N) is 2. The van der Waals surface area contributed by atoms with Gasteiger partial charge in [0, 0.05) is 39.3 Å². The van der Waals surface area contributed by atoms with Crippen LogP contribution in [0.2, 0.25) is 0 Å². The van der Waals surface area contributed by atoms with Crippen LogP contribution in [0.5, 0.6) is 0 Å². The summed E-state index contributed by atoms with van der Waals surface area (Å²) >= 11 is 0. The maximum Gasteiger partial charge on any atom is 0.191 e. The third-order valence-electron chi connectivity index (χ3n) is 5.67. The van der Waals surface area contributed by atoms with Crippen LogP contribution in [0, 0.1) is 5.41 Å². The molecule has 6 heteroatoms. The minimum Gasteiger partial charge on any atom is -0.383 e. The second kappa shape index (κ2) is 11.5. The molecular formula is C18H37IN4O. The molecule has 1 heterocycles. The van der Waals surface area contributed by atoms with Crippen LogP contribution in [0.15, 0.2) is 4.99 Å². The molecule has 0 aromatic carbocycles. The molecule has 142 valence electrons. The molecule has 1 saturated carbocycles. The number of halogens is 1. The zero-order valence-corrected chi connectivity index (χ0v) is 18.1. The SMILES string of the molecule is CCNC(=NCC1(CC)CCC1)NCC1CCCN1CCOC.I. The van der Waals surface area contributed by atoms with E-state index in [1.165, 1.54) is 45.1 Å². The van der Waals surface area contributed by atoms with Crippen LogP contribution in [0.4, 0.5) is 0 Å². The first kappa shape index (κ1) is 22.0. The van der Waals surface area contributed by atoms with Crippen LogP contribution in [0.1, 0.15) is 52.4 Å². The van der Waals surface area contributed by atoms with Crippen molar-refractivity contribution in [2.75, 3.05) is 46.4 Å². The van der Waals surface area contributed by atoms with E-state index in [9.17, 15) is 0 Å². The number of likely N-dealkylation sites (tertiary alicyclic amines) is 1. The second-order valence-corrected chi connectivity index (χ2v) is 7.11. The zero-order chi connectivity index (χ0) is 16.5. The zero-order valence-electron chi connectivity index (χ0n) is 15.8. The van der Waals surface area contributed by atoms with Gasteiger partial charge in [-0.2, -0.15) is 0 Å². The standard InChI is InChI=1S/C18H36N4O.HI/c1-4-18(9-7-10-18)15-21-17(19-5-2)20-14-16-8-6-11-22(16)12-13-23-3;/h16H,4-15H2,1-3H3,(H2,19,20,21);1H. The number of hydrogen-bond acceptors (Lipinski definition) is 3. The molecule has 2 rings (SSSR count). The van der Waals surface area contributed by atoms with Gasteiger partial charge in [0.25, 0.3) is 0 Å². The van der Waals surface area contributed by atoms with Crippen molar-refractivity contribution >= 4 is 29.9 Å². The van der Waals surface area contributed by atoms with Crippen LogP contribution in [0.3, 0.4) is 0 Å². The van der Waals surface area contributed by atoms with E-state index in [-0.39, 0.29) is 24.0 Å². The average molecular weight is 452 g/mol. The topological polar surface area (TPSA) is 48.9 Å². The average Bonchev–Trinajstić information content (AvgIpc) is 2.97. The number of hydrogen-bond donors (Lipinski definition) is 2. The summed E-state index contributed by atoms with van der Waals surface area (Å²) < 4.78 is 5.23. The van der Waals surface area contributed by atoms with Gasteiger partial charge in [-0.25, -0.2) is 0 Å². The Labute approximate surface area is 165 Å². The maximum atomic E-state index is 5.23. The number of guanidine groups is 1. The van der Waals surface area contributed by atoms with Gasteiger partial charge < -0.3 is 15.4 Å². The third-order valence-corrected chi connectivity index (χ3v) is 5.67. The fourth-order valence-electron chi connectivity index (χ4n) is 3.73. The Balaban J connectivity index is 0.00000288. The van der Waals surface area contributed by atoms with Crippen LogP contribution in [-0.2, 0) is 4.74 Å². The van der Waals surface area contributed by atoms with Crippen molar-refractivity contribution in [2.45, 2.75) is 58.4 Å². The second-order valence-electron chi connectivity index (χ2n) is 7.11. The first-order chi connectivity index (χ1) is 11.2. The molecular weight excluding hydrogens is 415 g/mol. The van der Waals surface area contributed by atoms with Gasteiger partial charge in [0.15, 0.2) is 5.96 Å². The van der Waals surface area contributed by atoms with Crippen LogP contribution in [0.25, 0.3) is 0 Å². The Bertz CT molecular complexity index is 369. The molecule has 1 aliphatic carbocycles. The molecule has 1 aliphatic heterocycles. The molecule has 0 aromatic rings. The summed E-state index contributed by atoms with van der Waals surface area (Å²) in [7, 11) is 1.78. The first-order valence-electron chi connectivity index (χ1n) is 9.48. The van der Waals surface area contributed by atoms with E-state index in [2.05, 4.69) is 29.4 Å². The highest BCUT2D eigenvalue weighted by molar-refractivity contribution is 14.0. The summed E-state index contributed by atoms with van der Waals surface area (Å²) in [4.78, 5) is 7.42. The smallest absolute Gasteiger partial charge is 0.191 e. The molecule has 5 nitrogen and oxygen atoms in total. The molecule has 0 radical (unpaired) electrons. The molecule has 1 unspecified atom stereocenters. The highest BCUT2D eigenvalue weighted by Crippen LogP contribution is 2.43. The van der Waals surface area contributed by atoms with Gasteiger partial charge in [0.05, 0.1) is 6.61 Å². The Morgan fingerprint density at radius 3 is 2.62 bits per heavy atom. The number of ether oxygens (including phenoxy) is 1. The van der Waals surface area contributed by atoms with Crippen molar-refractivity contribution < 1.29 is 4.74 Å². The van der Waals surface area contributed by atoms with Crippen molar-refractivity contribution in [1.29, 1.82) is 0 Å². The number of aliphatic imine (C=N–C) groups is 1. The lowest BCUT2D eigenvalue weighted by molar-refractivity contribution is 0.138. The molecule has 0 aromatic heterocycles. The fourth-order valence-corrected chi connectivity index (χ4v) is 3.73. The summed E-state index contributed by atoms with van der Waals surface area (Å²) in [5.41, 5.74) is 0.486. The van der Waals surface area contributed by atoms with Crippen LogP contribution >= 0.6 is 24.0 Å². The van der Waals surface area contributed by atoms with E-state index in [0.717, 1.165) is 38.7 Å². The van der Waals surface area contributed by atoms with Gasteiger partial charge in [-0.05, 0) is 51.0 Å². The van der Waals surface area contributed by atoms with E-state index in [1.54, 1.807) is 7.11 Å². The highest BCUT2D eigenvalue weighted by atomic mass is 127. The van der Waals surface area contributed by atoms with E-state index >= 15 is 0 Å². The van der Waals surface area contributed by atoms with Crippen LogP contribution in [-0.4, -0.2) is 63.3 Å². The lowest BCUT2D eigenvalue weighted by Crippen LogP contribution is -2.46. The molecule has 0 amide bonds. The Kier molecular flexibility index (Phi) is 10.5. The van der Waals surface area contributed by atoms with Crippen LogP contribution < -0.4 is 10.6 Å². The summed E-state index contributed by atoms with van der Waals surface area (Å²) in [5.74, 6) is 0.991. The Morgan fingerprint density at radius 1 is 1.25 bits per heavy atom. The van der Waals surface area contributed by atoms with E-state index < -0.39 is 0 Å². The number of rotatable bonds is 9. The molecule has 1 saturated heterocycles. The monoisotopic (exact) mass is 452 g/mol. The van der Waals surface area contributed by atoms with Crippen molar-refractivity contribution in [3.05, 3.63) is 0 Å². The van der Waals surface area contributed by atoms with Crippen molar-refractivity contribution in [1.82, 2.24) is 15.5 Å². The van der Waals surface area contributed by atoms with Gasteiger partial charge in [-0.15, -0.1) is 24.0 Å². The molecule has 0 bridgehead atoms. The third kappa shape index (κ3) is 6.33. The molecule has 1 atom stereocenters. The fraction of sp³-hybridized carbons (Fsp3) is 0.944. The predicted octanol–water partition coefficient (Wildman–Crippen LogP) is 2.85. The normalized spacial score (nSPS) is 23.5. The van der Waals surface area contributed by atoms with Gasteiger partial charge in [0.1, 0.15) is 0 Å². The van der Waals surface area contributed by atoms with E-state index in [4.69, 9.17) is 9.73 Å². The largest absolute Gasteiger partial charge is 0.383 e. The predicted molar refractivity (Wildman–Crippen MR) is 112 cm³/mol. The molecule has 0 spiro atoms. The Morgan fingerprint density at radius 2 is 2.04 bits per heavy atom. The summed E-state index contributed by atoms with van der Waals surface area (Å²) in [6, 6.07) is 0.609. The molecule has 24 heavy (non-hydrogen) atoms. The summed E-state index contributed by atoms with van der Waals surface area (Å²) in [6.07, 6.45) is 7.89. The molecule has 2 fully saturated rings. The number of nitrogens with one attached hydrogen (secondary N) is 2. The quantitative estimate of drug-likeness (QED) is 0.321. The lowest BCUT2D eigenvalue weighted by atomic mass is 9.67. The highest BCUT2D eigenvalue weighted by Gasteiger charge is 2.34. The summed E-state index contributed by atoms with van der Waals surface area (Å²) in [6.45, 7) is 10.4.